The van der Waals surface area contributed by atoms with Crippen molar-refractivity contribution in [3.8, 4) is 5.75 Å². The van der Waals surface area contributed by atoms with Crippen LogP contribution in [0.5, 0.6) is 5.75 Å². The highest BCUT2D eigenvalue weighted by molar-refractivity contribution is 5.68. The molecule has 0 saturated carbocycles. The highest BCUT2D eigenvalue weighted by Crippen LogP contribution is 2.30. The van der Waals surface area contributed by atoms with E-state index in [2.05, 4.69) is 12.1 Å². The normalized spacial score (nSPS) is 18.9. The van der Waals surface area contributed by atoms with Crippen molar-refractivity contribution in [2.24, 2.45) is 0 Å². The highest BCUT2D eigenvalue weighted by atomic mass is 16.6. The summed E-state index contributed by atoms with van der Waals surface area (Å²) < 4.78 is 16.8. The Bertz CT molecular complexity index is 832. The molecule has 6 heteroatoms. The number of rotatable bonds is 8. The van der Waals surface area contributed by atoms with Crippen LogP contribution in [0.2, 0.25) is 0 Å². The second kappa shape index (κ2) is 11.3. The molecule has 1 aliphatic heterocycles. The molecule has 0 bridgehead atoms. The van der Waals surface area contributed by atoms with Crippen molar-refractivity contribution in [3.63, 3.8) is 0 Å². The van der Waals surface area contributed by atoms with Crippen molar-refractivity contribution in [2.45, 2.75) is 51.2 Å². The number of aliphatic hydroxyl groups is 1. The molecule has 1 fully saturated rings. The van der Waals surface area contributed by atoms with Gasteiger partial charge in [-0.05, 0) is 56.9 Å². The van der Waals surface area contributed by atoms with Gasteiger partial charge in [0, 0.05) is 12.5 Å². The largest absolute Gasteiger partial charge is 0.491 e. The van der Waals surface area contributed by atoms with Crippen LogP contribution >= 0.6 is 0 Å². The second-order valence-corrected chi connectivity index (χ2v) is 9.15. The zero-order valence-corrected chi connectivity index (χ0v) is 19.3. The zero-order valence-electron chi connectivity index (χ0n) is 19.3. The van der Waals surface area contributed by atoms with E-state index in [4.69, 9.17) is 14.2 Å². The maximum Gasteiger partial charge on any atom is 0.410 e. The van der Waals surface area contributed by atoms with Crippen molar-refractivity contribution < 1.29 is 24.1 Å². The average Bonchev–Trinajstić information content (AvgIpc) is 2.76. The number of carbonyl (C=O) groups is 1. The first-order chi connectivity index (χ1) is 15.3. The van der Waals surface area contributed by atoms with Crippen molar-refractivity contribution in [1.29, 1.82) is 0 Å². The number of benzene rings is 2. The Morgan fingerprint density at radius 2 is 1.75 bits per heavy atom. The Morgan fingerprint density at radius 3 is 2.41 bits per heavy atom. The molecule has 0 aliphatic carbocycles. The van der Waals surface area contributed by atoms with Gasteiger partial charge in [0.2, 0.25) is 0 Å². The van der Waals surface area contributed by atoms with Crippen LogP contribution in [0.25, 0.3) is 0 Å². The highest BCUT2D eigenvalue weighted by Gasteiger charge is 2.33. The fourth-order valence-corrected chi connectivity index (χ4v) is 3.78. The molecule has 1 N–H and O–H groups in total. The molecule has 2 atom stereocenters. The van der Waals surface area contributed by atoms with Crippen LogP contribution in [0.4, 0.5) is 4.79 Å². The number of hydrogen-bond donors (Lipinski definition) is 1. The lowest BCUT2D eigenvalue weighted by molar-refractivity contribution is -0.00152. The second-order valence-electron chi connectivity index (χ2n) is 9.15. The van der Waals surface area contributed by atoms with E-state index in [9.17, 15) is 9.90 Å². The fraction of sp³-hybridized carbons (Fsp3) is 0.500. The average molecular weight is 442 g/mol. The minimum absolute atomic E-state index is 0.0101. The molecule has 0 radical (unpaired) electrons. The zero-order chi connectivity index (χ0) is 23.0. The van der Waals surface area contributed by atoms with Gasteiger partial charge in [-0.1, -0.05) is 42.5 Å². The fourth-order valence-electron chi connectivity index (χ4n) is 3.78. The number of carbonyl (C=O) groups excluding carboxylic acids is 1. The monoisotopic (exact) mass is 441 g/mol. The quantitative estimate of drug-likeness (QED) is 0.615. The van der Waals surface area contributed by atoms with Crippen LogP contribution in [-0.4, -0.2) is 60.7 Å². The molecule has 0 spiro atoms. The van der Waals surface area contributed by atoms with Crippen LogP contribution in [-0.2, 0) is 15.9 Å². The standard InChI is InChI=1S/C26H35NO5/c1-26(2,3)32-25(29)27-15-13-23(24(28)19-27)21-9-11-22(12-10-21)31-18-17-30-16-14-20-7-5-4-6-8-20/h4-12,23-24,28H,13-19H2,1-3H3. The molecular weight excluding hydrogens is 406 g/mol. The van der Waals surface area contributed by atoms with Crippen LogP contribution in [0.1, 0.15) is 44.2 Å². The van der Waals surface area contributed by atoms with E-state index in [1.54, 1.807) is 4.90 Å². The number of amides is 1. The molecule has 32 heavy (non-hydrogen) atoms. The minimum Gasteiger partial charge on any atom is -0.491 e. The summed E-state index contributed by atoms with van der Waals surface area (Å²) in [4.78, 5) is 13.8. The molecule has 2 unspecified atom stereocenters. The van der Waals surface area contributed by atoms with Crippen LogP contribution in [0, 0.1) is 0 Å². The molecule has 1 amide bonds. The predicted molar refractivity (Wildman–Crippen MR) is 124 cm³/mol. The molecule has 6 nitrogen and oxygen atoms in total. The first-order valence-corrected chi connectivity index (χ1v) is 11.3. The Kier molecular flexibility index (Phi) is 8.53. The van der Waals surface area contributed by atoms with E-state index in [1.165, 1.54) is 5.56 Å². The van der Waals surface area contributed by atoms with Gasteiger partial charge < -0.3 is 24.2 Å². The third-order valence-corrected chi connectivity index (χ3v) is 5.42. The lowest BCUT2D eigenvalue weighted by Gasteiger charge is -2.36. The molecule has 1 saturated heterocycles. The summed E-state index contributed by atoms with van der Waals surface area (Å²) in [5.41, 5.74) is 1.78. The number of aliphatic hydroxyl groups excluding tert-OH is 1. The first kappa shape index (κ1) is 24.1. The van der Waals surface area contributed by atoms with Gasteiger partial charge in [-0.2, -0.15) is 0 Å². The third kappa shape index (κ3) is 7.53. The lowest BCUT2D eigenvalue weighted by atomic mass is 9.87. The van der Waals surface area contributed by atoms with Crippen molar-refractivity contribution in [2.75, 3.05) is 32.9 Å². The Balaban J connectivity index is 1.38. The summed E-state index contributed by atoms with van der Waals surface area (Å²) in [5.74, 6) is 0.769. The van der Waals surface area contributed by atoms with Crippen molar-refractivity contribution in [3.05, 3.63) is 65.7 Å². The van der Waals surface area contributed by atoms with Crippen molar-refractivity contribution in [1.82, 2.24) is 4.90 Å². The molecule has 2 aromatic carbocycles. The van der Waals surface area contributed by atoms with Gasteiger partial charge in [0.1, 0.15) is 18.0 Å². The number of likely N-dealkylation sites (tertiary alicyclic amines) is 1. The van der Waals surface area contributed by atoms with Gasteiger partial charge >= 0.3 is 6.09 Å². The summed E-state index contributed by atoms with van der Waals surface area (Å²) in [7, 11) is 0. The van der Waals surface area contributed by atoms with Gasteiger partial charge in [-0.25, -0.2) is 4.79 Å². The predicted octanol–water partition coefficient (Wildman–Crippen LogP) is 4.41. The van der Waals surface area contributed by atoms with Crippen LogP contribution < -0.4 is 4.74 Å². The minimum atomic E-state index is -0.624. The van der Waals surface area contributed by atoms with E-state index in [-0.39, 0.29) is 18.6 Å². The summed E-state index contributed by atoms with van der Waals surface area (Å²) in [6.07, 6.45) is 0.589. The Labute approximate surface area is 191 Å². The molecule has 0 aromatic heterocycles. The topological polar surface area (TPSA) is 68.2 Å². The summed E-state index contributed by atoms with van der Waals surface area (Å²) >= 11 is 0. The molecule has 3 rings (SSSR count). The summed E-state index contributed by atoms with van der Waals surface area (Å²) in [6, 6.07) is 18.1. The van der Waals surface area contributed by atoms with Gasteiger partial charge in [0.15, 0.2) is 0 Å². The Morgan fingerprint density at radius 1 is 1.03 bits per heavy atom. The first-order valence-electron chi connectivity index (χ1n) is 11.3. The molecule has 1 aliphatic rings. The van der Waals surface area contributed by atoms with Gasteiger partial charge in [-0.3, -0.25) is 0 Å². The van der Waals surface area contributed by atoms with E-state index < -0.39 is 11.7 Å². The Hall–Kier alpha value is -2.57. The third-order valence-electron chi connectivity index (χ3n) is 5.42. The van der Waals surface area contributed by atoms with Crippen LogP contribution in [0.15, 0.2) is 54.6 Å². The number of hydrogen-bond acceptors (Lipinski definition) is 5. The summed E-state index contributed by atoms with van der Waals surface area (Å²) in [5, 5.41) is 10.6. The maximum absolute atomic E-state index is 12.3. The number of piperidine rings is 1. The molecule has 174 valence electrons. The van der Waals surface area contributed by atoms with Gasteiger partial charge in [0.05, 0.1) is 25.9 Å². The number of nitrogens with zero attached hydrogens (tertiary/aromatic N) is 1. The van der Waals surface area contributed by atoms with Gasteiger partial charge in [-0.15, -0.1) is 0 Å². The lowest BCUT2D eigenvalue weighted by Crippen LogP contribution is -2.47. The number of β-amino-alcohol motifs (C(OH)–C–C–N with tert-alkyl or cyclic N) is 1. The summed E-state index contributed by atoms with van der Waals surface area (Å²) in [6.45, 7) is 8.07. The van der Waals surface area contributed by atoms with E-state index in [0.29, 0.717) is 32.8 Å². The smallest absolute Gasteiger partial charge is 0.410 e. The van der Waals surface area contributed by atoms with E-state index in [0.717, 1.165) is 17.7 Å². The molecule has 2 aromatic rings. The van der Waals surface area contributed by atoms with Gasteiger partial charge in [0.25, 0.3) is 0 Å². The maximum atomic E-state index is 12.3. The SMILES string of the molecule is CC(C)(C)OC(=O)N1CCC(c2ccc(OCCOCCc3ccccc3)cc2)C(O)C1. The molecular formula is C26H35NO5. The molecule has 1 heterocycles. The van der Waals surface area contributed by atoms with E-state index >= 15 is 0 Å². The van der Waals surface area contributed by atoms with Crippen LogP contribution in [0.3, 0.4) is 0 Å². The number of ether oxygens (including phenoxy) is 3. The van der Waals surface area contributed by atoms with E-state index in [1.807, 2.05) is 63.2 Å². The van der Waals surface area contributed by atoms with Crippen molar-refractivity contribution >= 4 is 6.09 Å².